The van der Waals surface area contributed by atoms with Gasteiger partial charge in [0, 0.05) is 32.2 Å². The van der Waals surface area contributed by atoms with Crippen LogP contribution in [-0.4, -0.2) is 33.4 Å². The van der Waals surface area contributed by atoms with Crippen LogP contribution in [0.5, 0.6) is 0 Å². The summed E-state index contributed by atoms with van der Waals surface area (Å²) >= 11 is 2.41. The van der Waals surface area contributed by atoms with E-state index in [-0.39, 0.29) is 24.1 Å². The van der Waals surface area contributed by atoms with Crippen molar-refractivity contribution in [3.63, 3.8) is 0 Å². The molecule has 0 radical (unpaired) electrons. The van der Waals surface area contributed by atoms with Crippen LogP contribution >= 0.6 is 23.3 Å². The summed E-state index contributed by atoms with van der Waals surface area (Å²) in [7, 11) is 0. The number of rotatable bonds is 6. The Bertz CT molecular complexity index is 487. The number of nitrogens with one attached hydrogen (secondary N) is 1. The molecule has 6 nitrogen and oxygen atoms in total. The minimum Gasteiger partial charge on any atom is -0.302 e. The highest BCUT2D eigenvalue weighted by molar-refractivity contribution is 7.99. The predicted molar refractivity (Wildman–Crippen MR) is 75.0 cm³/mol. The number of amides is 2. The zero-order chi connectivity index (χ0) is 14.4. The number of nitrogens with zero attached hydrogens (tertiary/aromatic N) is 2. The summed E-state index contributed by atoms with van der Waals surface area (Å²) in [5.41, 5.74) is 0. The maximum atomic E-state index is 11.5. The SMILES string of the molecule is CCC(=O)CN(Sc1cnc(NC(C)=O)s1)C(C)=O. The largest absolute Gasteiger partial charge is 0.302 e. The summed E-state index contributed by atoms with van der Waals surface area (Å²) < 4.78 is 2.12. The number of carbonyl (C=O) groups is 3. The van der Waals surface area contributed by atoms with Gasteiger partial charge in [0.1, 0.15) is 4.21 Å². The van der Waals surface area contributed by atoms with E-state index in [0.717, 1.165) is 16.2 Å². The lowest BCUT2D eigenvalue weighted by atomic mass is 10.3. The molecule has 1 heterocycles. The Morgan fingerprint density at radius 2 is 2.11 bits per heavy atom. The standard InChI is InChI=1S/C11H15N3O3S2/c1-4-9(17)6-14(8(3)16)19-10-5-12-11(18-10)13-7(2)15/h5H,4,6H2,1-3H3,(H,12,13,15). The van der Waals surface area contributed by atoms with Gasteiger partial charge in [0.2, 0.25) is 11.8 Å². The van der Waals surface area contributed by atoms with Crippen LogP contribution in [0.1, 0.15) is 27.2 Å². The molecule has 1 N–H and O–H groups in total. The van der Waals surface area contributed by atoms with E-state index in [1.165, 1.54) is 29.5 Å². The fraction of sp³-hybridized carbons (Fsp3) is 0.455. The number of anilines is 1. The smallest absolute Gasteiger partial charge is 0.230 e. The van der Waals surface area contributed by atoms with Gasteiger partial charge in [-0.25, -0.2) is 4.98 Å². The number of thiazole rings is 1. The molecule has 0 aliphatic carbocycles. The van der Waals surface area contributed by atoms with Gasteiger partial charge in [0.15, 0.2) is 10.9 Å². The second-order valence-corrected chi connectivity index (χ2v) is 6.06. The minimum absolute atomic E-state index is 0.00528. The van der Waals surface area contributed by atoms with Gasteiger partial charge in [0.05, 0.1) is 12.7 Å². The third-order valence-corrected chi connectivity index (χ3v) is 4.11. The molecular formula is C11H15N3O3S2. The van der Waals surface area contributed by atoms with Crippen molar-refractivity contribution >= 4 is 46.0 Å². The van der Waals surface area contributed by atoms with E-state index < -0.39 is 0 Å². The van der Waals surface area contributed by atoms with E-state index >= 15 is 0 Å². The fourth-order valence-electron chi connectivity index (χ4n) is 1.10. The number of carbonyl (C=O) groups excluding carboxylic acids is 3. The zero-order valence-corrected chi connectivity index (χ0v) is 12.6. The van der Waals surface area contributed by atoms with Crippen LogP contribution in [0.25, 0.3) is 0 Å². The molecule has 1 aromatic rings. The Morgan fingerprint density at radius 1 is 1.42 bits per heavy atom. The van der Waals surface area contributed by atoms with E-state index in [0.29, 0.717) is 11.6 Å². The first-order chi connectivity index (χ1) is 8.92. The van der Waals surface area contributed by atoms with Gasteiger partial charge in [-0.3, -0.25) is 18.7 Å². The molecule has 0 unspecified atom stereocenters. The second kappa shape index (κ2) is 7.25. The highest BCUT2D eigenvalue weighted by Crippen LogP contribution is 2.30. The number of hydrogen-bond donors (Lipinski definition) is 1. The van der Waals surface area contributed by atoms with E-state index in [4.69, 9.17) is 0 Å². The van der Waals surface area contributed by atoms with E-state index in [1.807, 2.05) is 0 Å². The average molecular weight is 301 g/mol. The van der Waals surface area contributed by atoms with Crippen LogP contribution in [0.2, 0.25) is 0 Å². The third kappa shape index (κ3) is 5.39. The Balaban J connectivity index is 2.68. The summed E-state index contributed by atoms with van der Waals surface area (Å²) in [4.78, 5) is 37.7. The average Bonchev–Trinajstić information content (AvgIpc) is 2.74. The lowest BCUT2D eigenvalue weighted by Crippen LogP contribution is -2.27. The first-order valence-electron chi connectivity index (χ1n) is 5.63. The number of aromatic nitrogens is 1. The van der Waals surface area contributed by atoms with Crippen molar-refractivity contribution < 1.29 is 14.4 Å². The summed E-state index contributed by atoms with van der Waals surface area (Å²) in [5, 5.41) is 3.04. The molecule has 0 aromatic carbocycles. The lowest BCUT2D eigenvalue weighted by molar-refractivity contribution is -0.128. The van der Waals surface area contributed by atoms with Gasteiger partial charge < -0.3 is 5.32 Å². The van der Waals surface area contributed by atoms with Crippen molar-refractivity contribution in [1.82, 2.24) is 9.29 Å². The van der Waals surface area contributed by atoms with Gasteiger partial charge >= 0.3 is 0 Å². The van der Waals surface area contributed by atoms with Crippen LogP contribution in [-0.2, 0) is 14.4 Å². The summed E-state index contributed by atoms with van der Waals surface area (Å²) in [6.45, 7) is 4.64. The molecule has 0 atom stereocenters. The number of ketones is 1. The Kier molecular flexibility index (Phi) is 5.97. The van der Waals surface area contributed by atoms with Crippen molar-refractivity contribution in [3.8, 4) is 0 Å². The van der Waals surface area contributed by atoms with Crippen LogP contribution < -0.4 is 5.32 Å². The van der Waals surface area contributed by atoms with Crippen LogP contribution in [0.3, 0.4) is 0 Å². The monoisotopic (exact) mass is 301 g/mol. The summed E-state index contributed by atoms with van der Waals surface area (Å²) in [6.07, 6.45) is 1.96. The predicted octanol–water partition coefficient (Wildman–Crippen LogP) is 1.94. The van der Waals surface area contributed by atoms with Crippen molar-refractivity contribution in [2.75, 3.05) is 11.9 Å². The molecule has 19 heavy (non-hydrogen) atoms. The first-order valence-corrected chi connectivity index (χ1v) is 7.22. The molecule has 0 fully saturated rings. The topological polar surface area (TPSA) is 79.4 Å². The van der Waals surface area contributed by atoms with E-state index in [9.17, 15) is 14.4 Å². The van der Waals surface area contributed by atoms with Gasteiger partial charge in [-0.1, -0.05) is 18.3 Å². The number of Topliss-reactive ketones (excluding diaryl/α,β-unsaturated/α-hetero) is 1. The molecule has 1 rings (SSSR count). The second-order valence-electron chi connectivity index (χ2n) is 3.70. The van der Waals surface area contributed by atoms with Crippen molar-refractivity contribution in [2.45, 2.75) is 31.4 Å². The van der Waals surface area contributed by atoms with Gasteiger partial charge in [-0.15, -0.1) is 0 Å². The highest BCUT2D eigenvalue weighted by atomic mass is 32.2. The van der Waals surface area contributed by atoms with Gasteiger partial charge in [-0.2, -0.15) is 0 Å². The molecule has 0 saturated carbocycles. The quantitative estimate of drug-likeness (QED) is 0.812. The summed E-state index contributed by atoms with van der Waals surface area (Å²) in [6, 6.07) is 0. The number of hydrogen-bond acceptors (Lipinski definition) is 6. The lowest BCUT2D eigenvalue weighted by Gasteiger charge is -2.16. The summed E-state index contributed by atoms with van der Waals surface area (Å²) in [5.74, 6) is -0.397. The maximum absolute atomic E-state index is 11.5. The Hall–Kier alpha value is -1.41. The molecule has 0 aliphatic rings. The van der Waals surface area contributed by atoms with Crippen molar-refractivity contribution in [1.29, 1.82) is 0 Å². The zero-order valence-electron chi connectivity index (χ0n) is 10.9. The molecule has 0 saturated heterocycles. The first kappa shape index (κ1) is 15.6. The fourth-order valence-corrected chi connectivity index (χ4v) is 3.00. The van der Waals surface area contributed by atoms with Crippen LogP contribution in [0.4, 0.5) is 5.13 Å². The molecule has 2 amide bonds. The van der Waals surface area contributed by atoms with E-state index in [2.05, 4.69) is 10.3 Å². The molecule has 104 valence electrons. The van der Waals surface area contributed by atoms with E-state index in [1.54, 1.807) is 13.1 Å². The molecule has 0 bridgehead atoms. The van der Waals surface area contributed by atoms with Crippen LogP contribution in [0, 0.1) is 0 Å². The Labute approximate surface area is 119 Å². The Morgan fingerprint density at radius 3 is 2.63 bits per heavy atom. The van der Waals surface area contributed by atoms with Crippen molar-refractivity contribution in [3.05, 3.63) is 6.20 Å². The molecule has 1 aromatic heterocycles. The molecular weight excluding hydrogens is 286 g/mol. The molecule has 0 spiro atoms. The normalized spacial score (nSPS) is 10.1. The highest BCUT2D eigenvalue weighted by Gasteiger charge is 2.16. The maximum Gasteiger partial charge on any atom is 0.230 e. The van der Waals surface area contributed by atoms with Crippen LogP contribution in [0.15, 0.2) is 10.4 Å². The van der Waals surface area contributed by atoms with Gasteiger partial charge in [-0.05, 0) is 0 Å². The minimum atomic E-state index is -0.199. The van der Waals surface area contributed by atoms with Crippen molar-refractivity contribution in [2.24, 2.45) is 0 Å². The molecule has 8 heteroatoms. The van der Waals surface area contributed by atoms with Gasteiger partial charge in [0.25, 0.3) is 0 Å². The molecule has 0 aliphatic heterocycles. The third-order valence-electron chi connectivity index (χ3n) is 2.03.